The van der Waals surface area contributed by atoms with Crippen LogP contribution in [0.3, 0.4) is 0 Å². The molecule has 0 radical (unpaired) electrons. The quantitative estimate of drug-likeness (QED) is 0.896. The first-order valence-electron chi connectivity index (χ1n) is 8.89. The zero-order valence-electron chi connectivity index (χ0n) is 13.6. The Morgan fingerprint density at radius 1 is 1.09 bits per heavy atom. The fourth-order valence-corrected chi connectivity index (χ4v) is 3.92. The lowest BCUT2D eigenvalue weighted by Gasteiger charge is -2.31. The van der Waals surface area contributed by atoms with Crippen LogP contribution in [0.5, 0.6) is 5.75 Å². The summed E-state index contributed by atoms with van der Waals surface area (Å²) in [4.78, 5) is 14.8. The molecule has 3 heterocycles. The lowest BCUT2D eigenvalue weighted by molar-refractivity contribution is 0.0956. The smallest absolute Gasteiger partial charge is 0.255 e. The summed E-state index contributed by atoms with van der Waals surface area (Å²) in [5.74, 6) is 0.783. The molecule has 5 heteroatoms. The highest BCUT2D eigenvalue weighted by Gasteiger charge is 2.30. The van der Waals surface area contributed by atoms with Crippen molar-refractivity contribution in [3.8, 4) is 5.75 Å². The molecular weight excluding hydrogens is 290 g/mol. The van der Waals surface area contributed by atoms with Gasteiger partial charge in [-0.1, -0.05) is 0 Å². The van der Waals surface area contributed by atoms with Crippen molar-refractivity contribution in [2.75, 3.05) is 31.1 Å². The first kappa shape index (κ1) is 14.8. The zero-order valence-corrected chi connectivity index (χ0v) is 13.6. The predicted octanol–water partition coefficient (Wildman–Crippen LogP) is 2.05. The minimum Gasteiger partial charge on any atom is -0.489 e. The third-order valence-electron chi connectivity index (χ3n) is 5.18. The zero-order chi connectivity index (χ0) is 15.6. The third-order valence-corrected chi connectivity index (χ3v) is 5.18. The summed E-state index contributed by atoms with van der Waals surface area (Å²) < 4.78 is 6.19. The van der Waals surface area contributed by atoms with Crippen molar-refractivity contribution >= 4 is 11.6 Å². The van der Waals surface area contributed by atoms with E-state index in [0.717, 1.165) is 55.9 Å². The number of nitrogens with zero attached hydrogens (tertiary/aromatic N) is 1. The number of piperidine rings is 2. The minimum atomic E-state index is 0.0165. The lowest BCUT2D eigenvalue weighted by Crippen LogP contribution is -2.34. The Hall–Kier alpha value is -1.75. The number of carbonyl (C=O) groups excluding carboxylic acids is 1. The standard InChI is InChI=1S/C18H25N3O2/c22-18-17-14(12-20-18)15(21-10-2-1-3-11-21)4-5-16(17)23-13-6-8-19-9-7-13/h4-5,13,19H,1-3,6-12H2,(H,20,22). The van der Waals surface area contributed by atoms with Gasteiger partial charge in [-0.05, 0) is 57.3 Å². The van der Waals surface area contributed by atoms with Gasteiger partial charge in [0.05, 0.1) is 5.56 Å². The van der Waals surface area contributed by atoms with Gasteiger partial charge < -0.3 is 20.3 Å². The van der Waals surface area contributed by atoms with Crippen molar-refractivity contribution < 1.29 is 9.53 Å². The average molecular weight is 315 g/mol. The van der Waals surface area contributed by atoms with Crippen molar-refractivity contribution in [1.82, 2.24) is 10.6 Å². The number of fused-ring (bicyclic) bond motifs is 1. The summed E-state index contributed by atoms with van der Waals surface area (Å²) in [7, 11) is 0. The molecule has 5 nitrogen and oxygen atoms in total. The van der Waals surface area contributed by atoms with Gasteiger partial charge in [-0.25, -0.2) is 0 Å². The second kappa shape index (κ2) is 6.40. The van der Waals surface area contributed by atoms with Gasteiger partial charge in [-0.15, -0.1) is 0 Å². The van der Waals surface area contributed by atoms with E-state index in [0.29, 0.717) is 6.54 Å². The molecule has 2 N–H and O–H groups in total. The predicted molar refractivity (Wildman–Crippen MR) is 90.2 cm³/mol. The summed E-state index contributed by atoms with van der Waals surface area (Å²) in [6.45, 7) is 4.80. The normalized spacial score (nSPS) is 21.9. The molecule has 0 unspecified atom stereocenters. The van der Waals surface area contributed by atoms with E-state index in [1.54, 1.807) is 0 Å². The van der Waals surface area contributed by atoms with E-state index in [2.05, 4.69) is 21.6 Å². The van der Waals surface area contributed by atoms with Gasteiger partial charge in [0.15, 0.2) is 0 Å². The number of carbonyl (C=O) groups is 1. The second-order valence-electron chi connectivity index (χ2n) is 6.73. The van der Waals surface area contributed by atoms with Gasteiger partial charge in [-0.3, -0.25) is 4.79 Å². The summed E-state index contributed by atoms with van der Waals surface area (Å²) >= 11 is 0. The number of rotatable bonds is 3. The molecule has 2 saturated heterocycles. The van der Waals surface area contributed by atoms with Crippen LogP contribution in [-0.4, -0.2) is 38.2 Å². The second-order valence-corrected chi connectivity index (χ2v) is 6.73. The summed E-state index contributed by atoms with van der Waals surface area (Å²) in [6.07, 6.45) is 6.02. The molecular formula is C18H25N3O2. The SMILES string of the molecule is O=C1NCc2c(N3CCCCC3)ccc(OC3CCNCC3)c21. The Kier molecular flexibility index (Phi) is 4.12. The number of ether oxygens (including phenoxy) is 1. The highest BCUT2D eigenvalue weighted by Crippen LogP contribution is 2.36. The van der Waals surface area contributed by atoms with Crippen LogP contribution < -0.4 is 20.3 Å². The van der Waals surface area contributed by atoms with Crippen LogP contribution in [0.2, 0.25) is 0 Å². The van der Waals surface area contributed by atoms with Gasteiger partial charge in [0.1, 0.15) is 11.9 Å². The first-order chi connectivity index (χ1) is 11.3. The molecule has 1 amide bonds. The summed E-state index contributed by atoms with van der Waals surface area (Å²) in [5, 5.41) is 6.33. The number of amides is 1. The molecule has 0 spiro atoms. The van der Waals surface area contributed by atoms with Crippen molar-refractivity contribution in [1.29, 1.82) is 0 Å². The maximum Gasteiger partial charge on any atom is 0.255 e. The first-order valence-corrected chi connectivity index (χ1v) is 8.89. The highest BCUT2D eigenvalue weighted by atomic mass is 16.5. The van der Waals surface area contributed by atoms with E-state index in [1.807, 2.05) is 6.07 Å². The Labute approximate surface area is 137 Å². The van der Waals surface area contributed by atoms with Crippen molar-refractivity contribution in [2.45, 2.75) is 44.8 Å². The Balaban J connectivity index is 1.63. The van der Waals surface area contributed by atoms with E-state index < -0.39 is 0 Å². The highest BCUT2D eigenvalue weighted by molar-refractivity contribution is 6.02. The minimum absolute atomic E-state index is 0.0165. The van der Waals surface area contributed by atoms with E-state index in [4.69, 9.17) is 4.74 Å². The molecule has 0 aliphatic carbocycles. The topological polar surface area (TPSA) is 53.6 Å². The Morgan fingerprint density at radius 2 is 1.87 bits per heavy atom. The summed E-state index contributed by atoms with van der Waals surface area (Å²) in [5.41, 5.74) is 3.12. The van der Waals surface area contributed by atoms with Gasteiger partial charge in [-0.2, -0.15) is 0 Å². The fraction of sp³-hybridized carbons (Fsp3) is 0.611. The molecule has 1 aromatic rings. The number of nitrogens with one attached hydrogen (secondary N) is 2. The largest absolute Gasteiger partial charge is 0.489 e. The molecule has 0 bridgehead atoms. The monoisotopic (exact) mass is 315 g/mol. The Bertz CT molecular complexity index is 590. The molecule has 23 heavy (non-hydrogen) atoms. The molecule has 2 fully saturated rings. The van der Waals surface area contributed by atoms with Gasteiger partial charge in [0.25, 0.3) is 5.91 Å². The van der Waals surface area contributed by atoms with Gasteiger partial charge in [0, 0.05) is 30.9 Å². The molecule has 124 valence electrons. The van der Waals surface area contributed by atoms with E-state index in [9.17, 15) is 4.79 Å². The van der Waals surface area contributed by atoms with Crippen molar-refractivity contribution in [2.24, 2.45) is 0 Å². The van der Waals surface area contributed by atoms with Crippen LogP contribution in [0.15, 0.2) is 12.1 Å². The molecule has 3 aliphatic rings. The van der Waals surface area contributed by atoms with Gasteiger partial charge in [0.2, 0.25) is 0 Å². The van der Waals surface area contributed by atoms with Crippen LogP contribution in [0.1, 0.15) is 48.0 Å². The number of benzene rings is 1. The molecule has 4 rings (SSSR count). The molecule has 3 aliphatic heterocycles. The van der Waals surface area contributed by atoms with E-state index in [-0.39, 0.29) is 12.0 Å². The van der Waals surface area contributed by atoms with E-state index in [1.165, 1.54) is 24.9 Å². The summed E-state index contributed by atoms with van der Waals surface area (Å²) in [6, 6.07) is 4.16. The molecule has 0 saturated carbocycles. The van der Waals surface area contributed by atoms with E-state index >= 15 is 0 Å². The van der Waals surface area contributed by atoms with Crippen molar-refractivity contribution in [3.63, 3.8) is 0 Å². The van der Waals surface area contributed by atoms with Crippen molar-refractivity contribution in [3.05, 3.63) is 23.3 Å². The maximum absolute atomic E-state index is 12.3. The third kappa shape index (κ3) is 2.90. The molecule has 0 atom stereocenters. The average Bonchev–Trinajstić information content (AvgIpc) is 2.99. The number of anilines is 1. The number of hydrogen-bond acceptors (Lipinski definition) is 4. The van der Waals surface area contributed by atoms with Crippen LogP contribution >= 0.6 is 0 Å². The van der Waals surface area contributed by atoms with Crippen LogP contribution in [0.4, 0.5) is 5.69 Å². The fourth-order valence-electron chi connectivity index (χ4n) is 3.92. The van der Waals surface area contributed by atoms with Crippen LogP contribution in [-0.2, 0) is 6.54 Å². The van der Waals surface area contributed by atoms with Crippen LogP contribution in [0.25, 0.3) is 0 Å². The van der Waals surface area contributed by atoms with Crippen LogP contribution in [0, 0.1) is 0 Å². The van der Waals surface area contributed by atoms with Gasteiger partial charge >= 0.3 is 0 Å². The number of hydrogen-bond donors (Lipinski definition) is 2. The Morgan fingerprint density at radius 3 is 2.65 bits per heavy atom. The molecule has 0 aromatic heterocycles. The maximum atomic E-state index is 12.3. The lowest BCUT2D eigenvalue weighted by atomic mass is 10.0. The molecule has 1 aromatic carbocycles.